The number of nitrogens with two attached hydrogens (primary N) is 2. The first kappa shape index (κ1) is 18.6. The molecule has 0 aromatic carbocycles. The molecule has 7 N–H and O–H groups in total. The molecule has 14 heavy (non-hydrogen) atoms. The number of hydrogen-bond acceptors (Lipinski definition) is 5. The van der Waals surface area contributed by atoms with Crippen molar-refractivity contribution in [1.29, 1.82) is 0 Å². The summed E-state index contributed by atoms with van der Waals surface area (Å²) in [5.41, 5.74) is 9.14. The van der Waals surface area contributed by atoms with Gasteiger partial charge in [-0.3, -0.25) is 9.59 Å². The zero-order chi connectivity index (χ0) is 12.1. The van der Waals surface area contributed by atoms with E-state index in [9.17, 15) is 9.59 Å². The van der Waals surface area contributed by atoms with Crippen molar-refractivity contribution < 1.29 is 24.9 Å². The van der Waals surface area contributed by atoms with Gasteiger partial charge in [0.2, 0.25) is 0 Å². The van der Waals surface area contributed by atoms with Crippen LogP contribution in [0.3, 0.4) is 0 Å². The lowest BCUT2D eigenvalue weighted by molar-refractivity contribution is -0.136. The summed E-state index contributed by atoms with van der Waals surface area (Å²) in [5, 5.41) is 23.2. The summed E-state index contributed by atoms with van der Waals surface area (Å²) >= 11 is 0. The van der Waals surface area contributed by atoms with E-state index in [1.165, 1.54) is 0 Å². The van der Waals surface area contributed by atoms with Gasteiger partial charge in [0.25, 0.3) is 0 Å². The van der Waals surface area contributed by atoms with Crippen LogP contribution in [-0.4, -0.2) is 46.5 Å². The topological polar surface area (TPSA) is 147 Å². The monoisotopic (exact) mass is 210 g/mol. The average molecular weight is 210 g/mol. The minimum atomic E-state index is -0.968. The second kappa shape index (κ2) is 14.3. The number of rotatable bonds is 2. The molecule has 0 aromatic heterocycles. The average Bonchev–Trinajstić information content (AvgIpc) is 2.04. The fourth-order valence-electron chi connectivity index (χ4n) is 0. The van der Waals surface area contributed by atoms with Crippen LogP contribution in [0.2, 0.25) is 0 Å². The van der Waals surface area contributed by atoms with E-state index >= 15 is 0 Å². The Bertz CT molecular complexity index is 132. The van der Waals surface area contributed by atoms with Gasteiger partial charge in [-0.2, -0.15) is 0 Å². The van der Waals surface area contributed by atoms with E-state index in [0.29, 0.717) is 0 Å². The van der Waals surface area contributed by atoms with Gasteiger partial charge in [0.15, 0.2) is 0 Å². The Kier molecular flexibility index (Phi) is 19.0. The molecule has 0 amide bonds. The molecule has 0 aromatic rings. The Morgan fingerprint density at radius 3 is 1.14 bits per heavy atom. The fraction of sp³-hybridized carbons (Fsp3) is 0.714. The Hall–Kier alpha value is -1.18. The first-order valence-electron chi connectivity index (χ1n) is 3.79. The Morgan fingerprint density at radius 1 is 1.07 bits per heavy atom. The van der Waals surface area contributed by atoms with Crippen LogP contribution in [0.4, 0.5) is 0 Å². The fourth-order valence-corrected chi connectivity index (χ4v) is 0. The lowest BCUT2D eigenvalue weighted by Crippen LogP contribution is -2.10. The molecule has 0 unspecified atom stereocenters. The van der Waals surface area contributed by atoms with Crippen molar-refractivity contribution in [3.63, 3.8) is 0 Å². The summed E-state index contributed by atoms with van der Waals surface area (Å²) < 4.78 is 0. The van der Waals surface area contributed by atoms with Gasteiger partial charge < -0.3 is 26.8 Å². The van der Waals surface area contributed by atoms with Crippen LogP contribution in [0.5, 0.6) is 0 Å². The SMILES string of the molecule is CC(C)O.NCC(=O)O.NCC(=O)O. The van der Waals surface area contributed by atoms with E-state index in [2.05, 4.69) is 11.5 Å². The molecule has 0 rings (SSSR count). The van der Waals surface area contributed by atoms with Crippen molar-refractivity contribution in [1.82, 2.24) is 0 Å². The molecule has 86 valence electrons. The highest BCUT2D eigenvalue weighted by molar-refractivity contribution is 5.68. The quantitative estimate of drug-likeness (QED) is 0.370. The number of aliphatic hydroxyl groups is 1. The van der Waals surface area contributed by atoms with Crippen molar-refractivity contribution in [2.24, 2.45) is 11.5 Å². The van der Waals surface area contributed by atoms with Gasteiger partial charge >= 0.3 is 11.9 Å². The zero-order valence-corrected chi connectivity index (χ0v) is 8.30. The number of carboxylic acids is 2. The predicted molar refractivity (Wildman–Crippen MR) is 50.7 cm³/mol. The highest BCUT2D eigenvalue weighted by atomic mass is 16.4. The van der Waals surface area contributed by atoms with E-state index in [4.69, 9.17) is 15.3 Å². The molecule has 0 radical (unpaired) electrons. The molecule has 0 fully saturated rings. The lowest BCUT2D eigenvalue weighted by atomic mass is 10.5. The van der Waals surface area contributed by atoms with Crippen molar-refractivity contribution >= 4 is 11.9 Å². The summed E-state index contributed by atoms with van der Waals surface area (Å²) in [6.07, 6.45) is -0.167. The van der Waals surface area contributed by atoms with Gasteiger partial charge in [0, 0.05) is 6.10 Å². The number of hydrogen-bond donors (Lipinski definition) is 5. The maximum absolute atomic E-state index is 9.24. The van der Waals surface area contributed by atoms with Gasteiger partial charge in [-0.1, -0.05) is 0 Å². The molecule has 0 spiro atoms. The Labute approximate surface area is 82.3 Å². The van der Waals surface area contributed by atoms with Crippen molar-refractivity contribution in [2.75, 3.05) is 13.1 Å². The summed E-state index contributed by atoms with van der Waals surface area (Å²) in [6, 6.07) is 0. The third-order valence-corrected chi connectivity index (χ3v) is 0.349. The van der Waals surface area contributed by atoms with E-state index < -0.39 is 11.9 Å². The maximum Gasteiger partial charge on any atom is 0.317 e. The normalized spacial score (nSPS) is 7.86. The second-order valence-electron chi connectivity index (χ2n) is 2.29. The van der Waals surface area contributed by atoms with E-state index in [0.717, 1.165) is 0 Å². The van der Waals surface area contributed by atoms with Crippen molar-refractivity contribution in [3.8, 4) is 0 Å². The standard InChI is InChI=1S/C3H8O.2C2H5NO2/c1-3(2)4;2*3-1-2(4)5/h3-4H,1-2H3;2*1,3H2,(H,4,5). The zero-order valence-electron chi connectivity index (χ0n) is 8.30. The van der Waals surface area contributed by atoms with Crippen LogP contribution < -0.4 is 11.5 Å². The number of carbonyl (C=O) groups is 2. The van der Waals surface area contributed by atoms with Gasteiger partial charge in [0.05, 0.1) is 13.1 Å². The molecule has 0 aliphatic carbocycles. The summed E-state index contributed by atoms with van der Waals surface area (Å²) in [4.78, 5) is 18.5. The third-order valence-electron chi connectivity index (χ3n) is 0.349. The van der Waals surface area contributed by atoms with Crippen LogP contribution >= 0.6 is 0 Å². The van der Waals surface area contributed by atoms with E-state index in [1.54, 1.807) is 13.8 Å². The third kappa shape index (κ3) is 131. The molecule has 0 aliphatic rings. The molecular weight excluding hydrogens is 192 g/mol. The van der Waals surface area contributed by atoms with E-state index in [1.807, 2.05) is 0 Å². The highest BCUT2D eigenvalue weighted by Crippen LogP contribution is 1.65. The van der Waals surface area contributed by atoms with Gasteiger partial charge in [-0.15, -0.1) is 0 Å². The van der Waals surface area contributed by atoms with Crippen molar-refractivity contribution in [3.05, 3.63) is 0 Å². The minimum Gasteiger partial charge on any atom is -0.480 e. The van der Waals surface area contributed by atoms with Crippen LogP contribution in [0.1, 0.15) is 13.8 Å². The van der Waals surface area contributed by atoms with E-state index in [-0.39, 0.29) is 19.2 Å². The number of aliphatic hydroxyl groups excluding tert-OH is 1. The summed E-state index contributed by atoms with van der Waals surface area (Å²) in [6.45, 7) is 2.89. The van der Waals surface area contributed by atoms with Gasteiger partial charge in [-0.05, 0) is 13.8 Å². The maximum atomic E-state index is 9.24. The molecule has 0 saturated carbocycles. The number of aliphatic carboxylic acids is 2. The van der Waals surface area contributed by atoms with Crippen LogP contribution in [0.15, 0.2) is 0 Å². The molecule has 0 bridgehead atoms. The first-order valence-corrected chi connectivity index (χ1v) is 3.79. The molecule has 7 heteroatoms. The second-order valence-corrected chi connectivity index (χ2v) is 2.29. The smallest absolute Gasteiger partial charge is 0.317 e. The van der Waals surface area contributed by atoms with Gasteiger partial charge in [0.1, 0.15) is 0 Å². The van der Waals surface area contributed by atoms with Crippen LogP contribution in [0.25, 0.3) is 0 Å². The van der Waals surface area contributed by atoms with Gasteiger partial charge in [-0.25, -0.2) is 0 Å². The lowest BCUT2D eigenvalue weighted by Gasteiger charge is -1.80. The highest BCUT2D eigenvalue weighted by Gasteiger charge is 1.81. The summed E-state index contributed by atoms with van der Waals surface area (Å²) in [5.74, 6) is -1.94. The number of carboxylic acid groups (broad SMARTS) is 2. The van der Waals surface area contributed by atoms with Crippen LogP contribution in [0, 0.1) is 0 Å². The first-order chi connectivity index (χ1) is 6.27. The van der Waals surface area contributed by atoms with Crippen LogP contribution in [-0.2, 0) is 9.59 Å². The Balaban J connectivity index is -0.000000131. The Morgan fingerprint density at radius 2 is 1.14 bits per heavy atom. The molecule has 0 heterocycles. The molecular formula is C7H18N2O5. The molecule has 0 atom stereocenters. The molecule has 0 saturated heterocycles. The van der Waals surface area contributed by atoms with Crippen molar-refractivity contribution in [2.45, 2.75) is 20.0 Å². The molecule has 7 nitrogen and oxygen atoms in total. The predicted octanol–water partition coefficient (Wildman–Crippen LogP) is -1.55. The minimum absolute atomic E-state index is 0.167. The largest absolute Gasteiger partial charge is 0.480 e. The summed E-state index contributed by atoms with van der Waals surface area (Å²) in [7, 11) is 0. The molecule has 0 aliphatic heterocycles.